The van der Waals surface area contributed by atoms with Crippen LogP contribution in [0.25, 0.3) is 21.6 Å². The first-order valence-electron chi connectivity index (χ1n) is 8.56. The molecule has 2 heterocycles. The Morgan fingerprint density at radius 2 is 1.76 bits per heavy atom. The summed E-state index contributed by atoms with van der Waals surface area (Å²) >= 11 is 1.58. The second-order valence-electron chi connectivity index (χ2n) is 6.16. The van der Waals surface area contributed by atoms with Crippen molar-refractivity contribution in [3.63, 3.8) is 0 Å². The summed E-state index contributed by atoms with van der Waals surface area (Å²) in [5.41, 5.74) is 1.62. The van der Waals surface area contributed by atoms with Gasteiger partial charge in [-0.15, -0.1) is 16.4 Å². The normalized spacial score (nSPS) is 11.7. The highest BCUT2D eigenvalue weighted by molar-refractivity contribution is 7.18. The van der Waals surface area contributed by atoms with Crippen LogP contribution in [0.15, 0.2) is 48.5 Å². The van der Waals surface area contributed by atoms with Gasteiger partial charge >= 0.3 is 12.2 Å². The summed E-state index contributed by atoms with van der Waals surface area (Å²) < 4.78 is 49.8. The molecule has 0 atom stereocenters. The van der Waals surface area contributed by atoms with E-state index in [2.05, 4.69) is 19.9 Å². The predicted octanol–water partition coefficient (Wildman–Crippen LogP) is 4.61. The Bertz CT molecular complexity index is 1090. The van der Waals surface area contributed by atoms with Gasteiger partial charge in [0.15, 0.2) is 12.4 Å². The minimum atomic E-state index is -4.44. The zero-order valence-electron chi connectivity index (χ0n) is 15.2. The number of thiazole rings is 1. The van der Waals surface area contributed by atoms with E-state index in [9.17, 15) is 13.2 Å². The standard InChI is InChI=1S/C19H15F3N4O2S/c1-26-17(24-25-18(26)28-11-19(20,21)22)12-6-8-13(9-7-12)27-10-16-23-14-4-2-3-5-15(14)29-16/h2-9H,10-11H2,1H3. The largest absolute Gasteiger partial charge is 0.486 e. The number of hydrogen-bond donors (Lipinski definition) is 0. The van der Waals surface area contributed by atoms with Crippen molar-refractivity contribution in [1.82, 2.24) is 19.7 Å². The molecule has 0 bridgehead atoms. The van der Waals surface area contributed by atoms with Crippen LogP contribution < -0.4 is 9.47 Å². The van der Waals surface area contributed by atoms with Gasteiger partial charge < -0.3 is 9.47 Å². The molecule has 2 aromatic heterocycles. The number of nitrogens with zero attached hydrogens (tertiary/aromatic N) is 4. The second kappa shape index (κ2) is 7.70. The van der Waals surface area contributed by atoms with Crippen molar-refractivity contribution in [1.29, 1.82) is 0 Å². The number of ether oxygens (including phenoxy) is 2. The van der Waals surface area contributed by atoms with E-state index >= 15 is 0 Å². The van der Waals surface area contributed by atoms with Gasteiger partial charge in [-0.2, -0.15) is 13.2 Å². The van der Waals surface area contributed by atoms with E-state index in [0.29, 0.717) is 23.7 Å². The monoisotopic (exact) mass is 420 g/mol. The minimum Gasteiger partial charge on any atom is -0.486 e. The number of aromatic nitrogens is 4. The number of rotatable bonds is 6. The molecule has 2 aromatic carbocycles. The Balaban J connectivity index is 1.42. The average molecular weight is 420 g/mol. The predicted molar refractivity (Wildman–Crippen MR) is 102 cm³/mol. The molecule has 10 heteroatoms. The van der Waals surface area contributed by atoms with Gasteiger partial charge in [-0.25, -0.2) is 4.98 Å². The maximum atomic E-state index is 12.3. The third-order valence-electron chi connectivity index (χ3n) is 4.01. The summed E-state index contributed by atoms with van der Waals surface area (Å²) in [6.07, 6.45) is -4.44. The molecule has 0 aliphatic carbocycles. The van der Waals surface area contributed by atoms with Gasteiger partial charge in [0.25, 0.3) is 0 Å². The van der Waals surface area contributed by atoms with Gasteiger partial charge in [0, 0.05) is 12.6 Å². The van der Waals surface area contributed by atoms with Crippen LogP contribution in [0.5, 0.6) is 11.8 Å². The fraction of sp³-hybridized carbons (Fsp3) is 0.211. The number of fused-ring (bicyclic) bond motifs is 1. The van der Waals surface area contributed by atoms with E-state index in [1.807, 2.05) is 24.3 Å². The van der Waals surface area contributed by atoms with Gasteiger partial charge in [0.1, 0.15) is 17.4 Å². The van der Waals surface area contributed by atoms with Gasteiger partial charge in [-0.05, 0) is 36.4 Å². The summed E-state index contributed by atoms with van der Waals surface area (Å²) in [6, 6.07) is 14.7. The van der Waals surface area contributed by atoms with Crippen LogP contribution >= 0.6 is 11.3 Å². The van der Waals surface area contributed by atoms with E-state index in [4.69, 9.17) is 4.74 Å². The highest BCUT2D eigenvalue weighted by Gasteiger charge is 2.29. The molecule has 0 amide bonds. The lowest BCUT2D eigenvalue weighted by Gasteiger charge is -2.09. The second-order valence-corrected chi connectivity index (χ2v) is 7.27. The first-order chi connectivity index (χ1) is 13.9. The molecule has 0 spiro atoms. The Hall–Kier alpha value is -3.14. The minimum absolute atomic E-state index is 0.200. The lowest BCUT2D eigenvalue weighted by Crippen LogP contribution is -2.20. The maximum absolute atomic E-state index is 12.3. The number of hydrogen-bond acceptors (Lipinski definition) is 6. The topological polar surface area (TPSA) is 62.1 Å². The Kier molecular flexibility index (Phi) is 5.10. The third-order valence-corrected chi connectivity index (χ3v) is 5.02. The van der Waals surface area contributed by atoms with Crippen LogP contribution in [-0.2, 0) is 13.7 Å². The van der Waals surface area contributed by atoms with E-state index in [-0.39, 0.29) is 6.01 Å². The molecular formula is C19H15F3N4O2S. The molecule has 0 aliphatic heterocycles. The number of benzene rings is 2. The lowest BCUT2D eigenvalue weighted by atomic mass is 10.2. The van der Waals surface area contributed by atoms with Crippen molar-refractivity contribution >= 4 is 21.6 Å². The van der Waals surface area contributed by atoms with Gasteiger partial charge in [0.05, 0.1) is 10.2 Å². The molecule has 0 N–H and O–H groups in total. The third kappa shape index (κ3) is 4.48. The van der Waals surface area contributed by atoms with Crippen molar-refractivity contribution in [2.45, 2.75) is 12.8 Å². The molecule has 0 saturated heterocycles. The number of para-hydroxylation sites is 1. The molecule has 0 saturated carbocycles. The van der Waals surface area contributed by atoms with Crippen molar-refractivity contribution in [3.8, 4) is 23.1 Å². The molecule has 150 valence electrons. The van der Waals surface area contributed by atoms with E-state index < -0.39 is 12.8 Å². The number of halogens is 3. The molecule has 0 unspecified atom stereocenters. The zero-order valence-corrected chi connectivity index (χ0v) is 16.0. The molecule has 4 aromatic rings. The SMILES string of the molecule is Cn1c(OCC(F)(F)F)nnc1-c1ccc(OCc2nc3ccccc3s2)cc1. The molecule has 29 heavy (non-hydrogen) atoms. The molecule has 6 nitrogen and oxygen atoms in total. The Morgan fingerprint density at radius 1 is 1.00 bits per heavy atom. The molecular weight excluding hydrogens is 405 g/mol. The smallest absolute Gasteiger partial charge is 0.422 e. The van der Waals surface area contributed by atoms with Crippen molar-refractivity contribution in [2.24, 2.45) is 7.05 Å². The van der Waals surface area contributed by atoms with Crippen LogP contribution in [0.2, 0.25) is 0 Å². The van der Waals surface area contributed by atoms with Crippen molar-refractivity contribution in [2.75, 3.05) is 6.61 Å². The molecule has 0 aliphatic rings. The van der Waals surface area contributed by atoms with Crippen LogP contribution in [0.1, 0.15) is 5.01 Å². The fourth-order valence-electron chi connectivity index (χ4n) is 2.67. The zero-order chi connectivity index (χ0) is 20.4. The molecule has 0 fully saturated rings. The fourth-order valence-corrected chi connectivity index (χ4v) is 3.55. The Morgan fingerprint density at radius 3 is 2.48 bits per heavy atom. The summed E-state index contributed by atoms with van der Waals surface area (Å²) in [5, 5.41) is 8.44. The van der Waals surface area contributed by atoms with Crippen LogP contribution in [0.4, 0.5) is 13.2 Å². The van der Waals surface area contributed by atoms with E-state index in [1.165, 1.54) is 4.57 Å². The van der Waals surface area contributed by atoms with Crippen molar-refractivity contribution in [3.05, 3.63) is 53.5 Å². The molecule has 0 radical (unpaired) electrons. The van der Waals surface area contributed by atoms with E-state index in [1.54, 1.807) is 42.6 Å². The Labute approximate surface area is 167 Å². The van der Waals surface area contributed by atoms with Gasteiger partial charge in [-0.3, -0.25) is 4.57 Å². The lowest BCUT2D eigenvalue weighted by molar-refractivity contribution is -0.155. The summed E-state index contributed by atoms with van der Waals surface area (Å²) in [4.78, 5) is 4.52. The van der Waals surface area contributed by atoms with Crippen LogP contribution in [-0.4, -0.2) is 32.5 Å². The first-order valence-corrected chi connectivity index (χ1v) is 9.37. The number of alkyl halides is 3. The van der Waals surface area contributed by atoms with Gasteiger partial charge in [0.2, 0.25) is 0 Å². The van der Waals surface area contributed by atoms with Crippen LogP contribution in [0.3, 0.4) is 0 Å². The quantitative estimate of drug-likeness (QED) is 0.456. The van der Waals surface area contributed by atoms with Crippen molar-refractivity contribution < 1.29 is 22.6 Å². The van der Waals surface area contributed by atoms with Gasteiger partial charge in [-0.1, -0.05) is 17.2 Å². The summed E-state index contributed by atoms with van der Waals surface area (Å²) in [5.74, 6) is 1.03. The van der Waals surface area contributed by atoms with E-state index in [0.717, 1.165) is 15.2 Å². The average Bonchev–Trinajstić information content (AvgIpc) is 3.27. The summed E-state index contributed by atoms with van der Waals surface area (Å²) in [6.45, 7) is -1.07. The summed E-state index contributed by atoms with van der Waals surface area (Å²) in [7, 11) is 1.54. The first kappa shape index (κ1) is 19.2. The van der Waals surface area contributed by atoms with Crippen LogP contribution in [0, 0.1) is 0 Å². The molecule has 4 rings (SSSR count). The highest BCUT2D eigenvalue weighted by atomic mass is 32.1. The maximum Gasteiger partial charge on any atom is 0.422 e. The highest BCUT2D eigenvalue weighted by Crippen LogP contribution is 2.26.